The first-order chi connectivity index (χ1) is 9.94. The van der Waals surface area contributed by atoms with Crippen LogP contribution in [0.2, 0.25) is 0 Å². The van der Waals surface area contributed by atoms with E-state index >= 15 is 0 Å². The Kier molecular flexibility index (Phi) is 4.46. The second-order valence-electron chi connectivity index (χ2n) is 4.52. The molecule has 10 heteroatoms. The van der Waals surface area contributed by atoms with Crippen molar-refractivity contribution in [2.75, 3.05) is 0 Å². The van der Waals surface area contributed by atoms with Crippen LogP contribution in [0, 0.1) is 0 Å². The van der Waals surface area contributed by atoms with E-state index in [1.165, 1.54) is 30.4 Å². The highest BCUT2D eigenvalue weighted by atomic mass is 35.5. The number of halogens is 2. The van der Waals surface area contributed by atoms with Crippen LogP contribution in [0.4, 0.5) is 0 Å². The molecule has 120 valence electrons. The molecule has 0 heterocycles. The van der Waals surface area contributed by atoms with Gasteiger partial charge in [0.15, 0.2) is 4.33 Å². The highest BCUT2D eigenvalue weighted by molar-refractivity contribution is 7.87. The quantitative estimate of drug-likeness (QED) is 0.611. The fourth-order valence-corrected chi connectivity index (χ4v) is 4.95. The molecule has 2 rings (SSSR count). The van der Waals surface area contributed by atoms with Gasteiger partial charge in [0, 0.05) is 5.56 Å². The first-order valence-electron chi connectivity index (χ1n) is 5.75. The van der Waals surface area contributed by atoms with E-state index in [9.17, 15) is 25.9 Å². The maximum atomic E-state index is 11.6. The summed E-state index contributed by atoms with van der Waals surface area (Å²) in [6, 6.07) is 5.16. The number of benzene rings is 1. The van der Waals surface area contributed by atoms with Crippen molar-refractivity contribution in [1.29, 1.82) is 0 Å². The second kappa shape index (κ2) is 5.63. The number of rotatable bonds is 3. The zero-order valence-electron chi connectivity index (χ0n) is 10.7. The molecule has 0 saturated heterocycles. The van der Waals surface area contributed by atoms with Crippen LogP contribution in [0.25, 0.3) is 5.57 Å². The number of hydrogen-bond donors (Lipinski definition) is 2. The van der Waals surface area contributed by atoms with Gasteiger partial charge in [0.25, 0.3) is 20.2 Å². The third-order valence-electron chi connectivity index (χ3n) is 3.00. The number of allylic oxidation sites excluding steroid dienone is 3. The first-order valence-corrected chi connectivity index (χ1v) is 9.45. The van der Waals surface area contributed by atoms with Crippen molar-refractivity contribution in [3.05, 3.63) is 48.1 Å². The molecule has 0 aromatic heterocycles. The highest BCUT2D eigenvalue weighted by Crippen LogP contribution is 2.43. The zero-order chi connectivity index (χ0) is 16.8. The van der Waals surface area contributed by atoms with Crippen molar-refractivity contribution in [1.82, 2.24) is 0 Å². The van der Waals surface area contributed by atoms with E-state index in [0.717, 1.165) is 12.1 Å². The predicted molar refractivity (Wildman–Crippen MR) is 83.1 cm³/mol. The van der Waals surface area contributed by atoms with Crippen LogP contribution in [0.15, 0.2) is 47.4 Å². The fourth-order valence-electron chi connectivity index (χ4n) is 2.18. The van der Waals surface area contributed by atoms with Gasteiger partial charge in [0.2, 0.25) is 0 Å². The first kappa shape index (κ1) is 17.5. The van der Waals surface area contributed by atoms with Crippen LogP contribution in [-0.2, 0) is 20.2 Å². The summed E-state index contributed by atoms with van der Waals surface area (Å²) in [6.07, 6.45) is 3.73. The van der Waals surface area contributed by atoms with Crippen molar-refractivity contribution < 1.29 is 25.9 Å². The third-order valence-corrected chi connectivity index (χ3v) is 6.08. The number of hydrogen-bond acceptors (Lipinski definition) is 4. The lowest BCUT2D eigenvalue weighted by Crippen LogP contribution is -2.39. The minimum Gasteiger partial charge on any atom is -0.285 e. The average Bonchev–Trinajstić information content (AvgIpc) is 2.34. The molecule has 6 nitrogen and oxygen atoms in total. The molecular formula is C12H10Cl2O6S2. The molecule has 1 atom stereocenters. The van der Waals surface area contributed by atoms with E-state index in [4.69, 9.17) is 23.2 Å². The maximum Gasteiger partial charge on any atom is 0.295 e. The Morgan fingerprint density at radius 2 is 1.64 bits per heavy atom. The molecule has 0 spiro atoms. The largest absolute Gasteiger partial charge is 0.295 e. The highest BCUT2D eigenvalue weighted by Gasteiger charge is 2.46. The smallest absolute Gasteiger partial charge is 0.285 e. The SMILES string of the molecule is O=S(=O)(O)c1ccccc1C1=CC=CC(Cl)(Cl)C1S(=O)(=O)O. The van der Waals surface area contributed by atoms with Crippen LogP contribution >= 0.6 is 23.2 Å². The lowest BCUT2D eigenvalue weighted by atomic mass is 9.96. The van der Waals surface area contributed by atoms with Crippen molar-refractivity contribution in [2.24, 2.45) is 0 Å². The normalized spacial score (nSPS) is 21.5. The maximum absolute atomic E-state index is 11.6. The molecule has 1 aliphatic carbocycles. The molecule has 0 bridgehead atoms. The molecular weight excluding hydrogens is 375 g/mol. The lowest BCUT2D eigenvalue weighted by Gasteiger charge is -2.30. The predicted octanol–water partition coefficient (Wildman–Crippen LogP) is 2.32. The molecule has 1 aromatic carbocycles. The van der Waals surface area contributed by atoms with Gasteiger partial charge in [0.05, 0.1) is 0 Å². The summed E-state index contributed by atoms with van der Waals surface area (Å²) in [5.74, 6) is 0. The van der Waals surface area contributed by atoms with E-state index in [1.54, 1.807) is 0 Å². The molecule has 0 fully saturated rings. The second-order valence-corrected chi connectivity index (χ2v) is 8.86. The molecule has 1 aliphatic rings. The molecule has 1 aromatic rings. The third kappa shape index (κ3) is 3.37. The van der Waals surface area contributed by atoms with Gasteiger partial charge < -0.3 is 0 Å². The zero-order valence-corrected chi connectivity index (χ0v) is 13.9. The van der Waals surface area contributed by atoms with E-state index in [0.29, 0.717) is 0 Å². The van der Waals surface area contributed by atoms with Crippen LogP contribution in [0.5, 0.6) is 0 Å². The molecule has 0 aliphatic heterocycles. The Morgan fingerprint density at radius 1 is 1.05 bits per heavy atom. The van der Waals surface area contributed by atoms with Crippen LogP contribution in [0.3, 0.4) is 0 Å². The monoisotopic (exact) mass is 384 g/mol. The van der Waals surface area contributed by atoms with Gasteiger partial charge in [-0.1, -0.05) is 53.6 Å². The Labute approximate surface area is 137 Å². The lowest BCUT2D eigenvalue weighted by molar-refractivity contribution is 0.472. The summed E-state index contributed by atoms with van der Waals surface area (Å²) in [6.45, 7) is 0. The summed E-state index contributed by atoms with van der Waals surface area (Å²) >= 11 is 11.8. The van der Waals surface area contributed by atoms with Gasteiger partial charge in [-0.2, -0.15) is 16.8 Å². The van der Waals surface area contributed by atoms with Crippen LogP contribution < -0.4 is 0 Å². The molecule has 0 amide bonds. The van der Waals surface area contributed by atoms with Crippen molar-refractivity contribution >= 4 is 49.0 Å². The molecule has 1 unspecified atom stereocenters. The summed E-state index contributed by atoms with van der Waals surface area (Å²) in [5, 5.41) is -1.81. The van der Waals surface area contributed by atoms with Gasteiger partial charge in [-0.05, 0) is 17.7 Å². The summed E-state index contributed by atoms with van der Waals surface area (Å²) < 4.78 is 62.9. The van der Waals surface area contributed by atoms with Gasteiger partial charge in [-0.3, -0.25) is 9.11 Å². The standard InChI is InChI=1S/C12H10Cl2O6S2/c13-12(14)7-3-5-9(11(12)22(18,19)20)8-4-1-2-6-10(8)21(15,16)17/h1-7,11H,(H,15,16,17)(H,18,19,20). The Bertz CT molecular complexity index is 869. The summed E-state index contributed by atoms with van der Waals surface area (Å²) in [5.41, 5.74) is -0.272. The van der Waals surface area contributed by atoms with Crippen LogP contribution in [0.1, 0.15) is 5.56 Å². The Morgan fingerprint density at radius 3 is 2.18 bits per heavy atom. The Balaban J connectivity index is 2.77. The number of alkyl halides is 2. The summed E-state index contributed by atoms with van der Waals surface area (Å²) in [4.78, 5) is -0.519. The van der Waals surface area contributed by atoms with Crippen molar-refractivity contribution in [3.63, 3.8) is 0 Å². The van der Waals surface area contributed by atoms with E-state index in [-0.39, 0.29) is 11.1 Å². The molecule has 2 N–H and O–H groups in total. The van der Waals surface area contributed by atoms with Gasteiger partial charge in [-0.25, -0.2) is 0 Å². The minimum absolute atomic E-state index is 0.123. The van der Waals surface area contributed by atoms with Crippen molar-refractivity contribution in [3.8, 4) is 0 Å². The van der Waals surface area contributed by atoms with E-state index in [1.807, 2.05) is 0 Å². The molecule has 0 radical (unpaired) electrons. The summed E-state index contributed by atoms with van der Waals surface area (Å²) in [7, 11) is -9.37. The van der Waals surface area contributed by atoms with Crippen LogP contribution in [-0.4, -0.2) is 35.5 Å². The Hall–Kier alpha value is -0.900. The van der Waals surface area contributed by atoms with E-state index < -0.39 is 34.7 Å². The van der Waals surface area contributed by atoms with Crippen molar-refractivity contribution in [2.45, 2.75) is 14.5 Å². The molecule has 22 heavy (non-hydrogen) atoms. The minimum atomic E-state index is -4.75. The van der Waals surface area contributed by atoms with Gasteiger partial charge in [-0.15, -0.1) is 0 Å². The fraction of sp³-hybridized carbons (Fsp3) is 0.167. The average molecular weight is 385 g/mol. The van der Waals surface area contributed by atoms with Gasteiger partial charge in [0.1, 0.15) is 10.1 Å². The van der Waals surface area contributed by atoms with Gasteiger partial charge >= 0.3 is 0 Å². The topological polar surface area (TPSA) is 109 Å². The molecule has 0 saturated carbocycles. The van der Waals surface area contributed by atoms with E-state index in [2.05, 4.69) is 0 Å².